The number of fused-ring (bicyclic) bond motifs is 5. The molecule has 0 spiro atoms. The van der Waals surface area contributed by atoms with E-state index in [0.29, 0.717) is 0 Å². The molecule has 0 unspecified atom stereocenters. The van der Waals surface area contributed by atoms with Gasteiger partial charge in [0, 0.05) is 5.69 Å². The summed E-state index contributed by atoms with van der Waals surface area (Å²) in [6.45, 7) is 2.30. The Morgan fingerprint density at radius 1 is 1.05 bits per heavy atom. The Kier molecular flexibility index (Phi) is 2.67. The first kappa shape index (κ1) is 12.6. The number of allylic oxidation sites excluding steroid dienone is 2. The molecule has 4 atom stereocenters. The highest BCUT2D eigenvalue weighted by Gasteiger charge is 2.59. The van der Waals surface area contributed by atoms with Gasteiger partial charge in [0.1, 0.15) is 0 Å². The number of imide groups is 1. The second-order valence-corrected chi connectivity index (χ2v) is 6.31. The van der Waals surface area contributed by atoms with Crippen LogP contribution in [0.2, 0.25) is 0 Å². The van der Waals surface area contributed by atoms with Crippen LogP contribution in [0.3, 0.4) is 0 Å². The summed E-state index contributed by atoms with van der Waals surface area (Å²) >= 11 is 0. The molecule has 4 rings (SSSR count). The predicted octanol–water partition coefficient (Wildman–Crippen LogP) is 2.17. The molecule has 3 aliphatic rings. The van der Waals surface area contributed by atoms with Crippen LogP contribution in [0, 0.1) is 30.6 Å². The summed E-state index contributed by atoms with van der Waals surface area (Å²) in [7, 11) is 0. The van der Waals surface area contributed by atoms with Gasteiger partial charge in [-0.2, -0.15) is 0 Å². The molecule has 1 aromatic carbocycles. The van der Waals surface area contributed by atoms with E-state index in [9.17, 15) is 9.59 Å². The summed E-state index contributed by atoms with van der Waals surface area (Å²) in [5.74, 6) is 0.351. The smallest absolute Gasteiger partial charge is 0.235 e. The number of hydrogen-bond acceptors (Lipinski definition) is 3. The van der Waals surface area contributed by atoms with Crippen LogP contribution in [0.4, 0.5) is 5.69 Å². The Balaban J connectivity index is 1.48. The Labute approximate surface area is 123 Å². The average Bonchev–Trinajstić information content (AvgIpc) is 3.14. The first-order valence-corrected chi connectivity index (χ1v) is 7.49. The lowest BCUT2D eigenvalue weighted by Gasteiger charge is -2.18. The third kappa shape index (κ3) is 1.82. The van der Waals surface area contributed by atoms with Gasteiger partial charge in [0.25, 0.3) is 0 Å². The number of aryl methyl sites for hydroxylation is 1. The minimum Gasteiger partial charge on any atom is -0.367 e. The van der Waals surface area contributed by atoms with Crippen molar-refractivity contribution in [1.29, 1.82) is 0 Å². The van der Waals surface area contributed by atoms with Gasteiger partial charge in [0.15, 0.2) is 0 Å². The van der Waals surface area contributed by atoms with Crippen molar-refractivity contribution in [2.24, 2.45) is 23.7 Å². The topological polar surface area (TPSA) is 49.4 Å². The van der Waals surface area contributed by atoms with Crippen LogP contribution >= 0.6 is 0 Å². The maximum atomic E-state index is 12.5. The quantitative estimate of drug-likeness (QED) is 0.683. The van der Waals surface area contributed by atoms with Gasteiger partial charge in [0.05, 0.1) is 18.5 Å². The first-order chi connectivity index (χ1) is 10.1. The van der Waals surface area contributed by atoms with Crippen LogP contribution in [0.5, 0.6) is 0 Å². The monoisotopic (exact) mass is 282 g/mol. The van der Waals surface area contributed by atoms with Gasteiger partial charge in [-0.1, -0.05) is 29.8 Å². The molecule has 1 heterocycles. The lowest BCUT2D eigenvalue weighted by atomic mass is 9.85. The van der Waals surface area contributed by atoms with E-state index >= 15 is 0 Å². The summed E-state index contributed by atoms with van der Waals surface area (Å²) < 4.78 is 0. The number of likely N-dealkylation sites (tertiary alicyclic amines) is 1. The molecular formula is C17H18N2O2. The molecule has 2 aliphatic carbocycles. The number of rotatable bonds is 3. The molecule has 4 heteroatoms. The van der Waals surface area contributed by atoms with Crippen LogP contribution in [0.25, 0.3) is 0 Å². The lowest BCUT2D eigenvalue weighted by molar-refractivity contribution is -0.140. The molecule has 1 N–H and O–H groups in total. The van der Waals surface area contributed by atoms with Crippen LogP contribution in [-0.4, -0.2) is 23.4 Å². The van der Waals surface area contributed by atoms with E-state index in [1.807, 2.05) is 31.2 Å². The van der Waals surface area contributed by atoms with E-state index in [-0.39, 0.29) is 42.2 Å². The number of hydrogen-bond donors (Lipinski definition) is 1. The summed E-state index contributed by atoms with van der Waals surface area (Å²) in [5.41, 5.74) is 2.12. The van der Waals surface area contributed by atoms with E-state index < -0.39 is 0 Å². The summed E-state index contributed by atoms with van der Waals surface area (Å²) in [6, 6.07) is 7.95. The maximum Gasteiger partial charge on any atom is 0.235 e. The van der Waals surface area contributed by atoms with Crippen LogP contribution < -0.4 is 5.32 Å². The van der Waals surface area contributed by atoms with Crippen molar-refractivity contribution in [3.63, 3.8) is 0 Å². The zero-order valence-corrected chi connectivity index (χ0v) is 12.0. The molecule has 2 amide bonds. The van der Waals surface area contributed by atoms with Crippen molar-refractivity contribution in [3.8, 4) is 0 Å². The van der Waals surface area contributed by atoms with Crippen molar-refractivity contribution in [2.75, 3.05) is 12.0 Å². The molecule has 2 bridgehead atoms. The lowest BCUT2D eigenvalue weighted by Crippen LogP contribution is -2.37. The van der Waals surface area contributed by atoms with Crippen LogP contribution in [0.15, 0.2) is 36.4 Å². The molecule has 1 aliphatic heterocycles. The number of carbonyl (C=O) groups excluding carboxylic acids is 2. The molecule has 0 aromatic heterocycles. The normalized spacial score (nSPS) is 32.9. The van der Waals surface area contributed by atoms with Gasteiger partial charge in [0.2, 0.25) is 11.8 Å². The number of carbonyl (C=O) groups is 2. The molecule has 108 valence electrons. The van der Waals surface area contributed by atoms with Gasteiger partial charge in [-0.25, -0.2) is 0 Å². The van der Waals surface area contributed by atoms with Gasteiger partial charge in [-0.05, 0) is 37.3 Å². The summed E-state index contributed by atoms with van der Waals surface area (Å²) in [5, 5.41) is 3.18. The molecule has 1 saturated heterocycles. The summed E-state index contributed by atoms with van der Waals surface area (Å²) in [6.07, 6.45) is 5.22. The SMILES string of the molecule is Cc1ccc(NCN2C(=O)[C@@H]3[C@@H](C2=O)[C@H]2C=C[C@@H]3C2)cc1. The Morgan fingerprint density at radius 2 is 1.62 bits per heavy atom. The van der Waals surface area contributed by atoms with Gasteiger partial charge in [-0.15, -0.1) is 0 Å². The van der Waals surface area contributed by atoms with Gasteiger partial charge >= 0.3 is 0 Å². The molecule has 2 fully saturated rings. The van der Waals surface area contributed by atoms with E-state index in [1.54, 1.807) is 0 Å². The van der Waals surface area contributed by atoms with E-state index in [0.717, 1.165) is 12.1 Å². The van der Waals surface area contributed by atoms with E-state index in [4.69, 9.17) is 0 Å². The zero-order valence-electron chi connectivity index (χ0n) is 12.0. The molecule has 4 nitrogen and oxygen atoms in total. The average molecular weight is 282 g/mol. The van der Waals surface area contributed by atoms with Crippen molar-refractivity contribution < 1.29 is 9.59 Å². The standard InChI is InChI=1S/C17H18N2O2/c1-10-2-6-13(7-3-10)18-9-19-16(20)14-11-4-5-12(8-11)15(14)17(19)21/h2-7,11-12,14-15,18H,8-9H2,1H3/t11-,12+,14-,15-/m0/s1. The Hall–Kier alpha value is -2.10. The van der Waals surface area contributed by atoms with Crippen LogP contribution in [0.1, 0.15) is 12.0 Å². The Morgan fingerprint density at radius 3 is 2.19 bits per heavy atom. The third-order valence-electron chi connectivity index (χ3n) is 5.05. The second-order valence-electron chi connectivity index (χ2n) is 6.31. The second kappa shape index (κ2) is 4.45. The summed E-state index contributed by atoms with van der Waals surface area (Å²) in [4.78, 5) is 26.4. The predicted molar refractivity (Wildman–Crippen MR) is 79.2 cm³/mol. The number of amides is 2. The number of benzene rings is 1. The molecule has 0 radical (unpaired) electrons. The number of nitrogens with one attached hydrogen (secondary N) is 1. The highest BCUT2D eigenvalue weighted by atomic mass is 16.2. The number of anilines is 1. The van der Waals surface area contributed by atoms with E-state index in [1.165, 1.54) is 10.5 Å². The van der Waals surface area contributed by atoms with E-state index in [2.05, 4.69) is 17.5 Å². The molecule has 1 saturated carbocycles. The highest BCUT2D eigenvalue weighted by molar-refractivity contribution is 6.06. The highest BCUT2D eigenvalue weighted by Crippen LogP contribution is 2.52. The fraction of sp³-hybridized carbons (Fsp3) is 0.412. The molecule has 21 heavy (non-hydrogen) atoms. The molecular weight excluding hydrogens is 264 g/mol. The maximum absolute atomic E-state index is 12.5. The van der Waals surface area contributed by atoms with Crippen molar-refractivity contribution in [3.05, 3.63) is 42.0 Å². The fourth-order valence-electron chi connectivity index (χ4n) is 3.96. The first-order valence-electron chi connectivity index (χ1n) is 7.49. The number of nitrogens with zero attached hydrogens (tertiary/aromatic N) is 1. The van der Waals surface area contributed by atoms with Gasteiger partial charge in [-0.3, -0.25) is 14.5 Å². The Bertz CT molecular complexity index is 605. The minimum absolute atomic E-state index is 0.00135. The van der Waals surface area contributed by atoms with Crippen molar-refractivity contribution in [2.45, 2.75) is 13.3 Å². The van der Waals surface area contributed by atoms with Crippen molar-refractivity contribution >= 4 is 17.5 Å². The van der Waals surface area contributed by atoms with Gasteiger partial charge < -0.3 is 5.32 Å². The third-order valence-corrected chi connectivity index (χ3v) is 5.05. The largest absolute Gasteiger partial charge is 0.367 e. The molecule has 1 aromatic rings. The zero-order chi connectivity index (χ0) is 14.6. The fourth-order valence-corrected chi connectivity index (χ4v) is 3.96. The van der Waals surface area contributed by atoms with Crippen molar-refractivity contribution in [1.82, 2.24) is 4.90 Å². The minimum atomic E-state index is -0.104. The van der Waals surface area contributed by atoms with Crippen LogP contribution in [-0.2, 0) is 9.59 Å².